The van der Waals surface area contributed by atoms with Crippen molar-refractivity contribution < 1.29 is 0 Å². The molecule has 3 aliphatic carbocycles. The number of thioether (sulfide) groups is 1. The Balaban J connectivity index is 1.38. The summed E-state index contributed by atoms with van der Waals surface area (Å²) in [5.41, 5.74) is 0. The number of hydrogen-bond acceptors (Lipinski definition) is 1. The fourth-order valence-electron chi connectivity index (χ4n) is 4.34. The molecular formula is C16H26S. The lowest BCUT2D eigenvalue weighted by atomic mass is 9.86. The van der Waals surface area contributed by atoms with Crippen molar-refractivity contribution in [2.75, 3.05) is 5.75 Å². The van der Waals surface area contributed by atoms with Gasteiger partial charge in [0.1, 0.15) is 0 Å². The smallest absolute Gasteiger partial charge is 0.00529 e. The molecule has 96 valence electrons. The molecule has 4 atom stereocenters. The number of unbranched alkanes of at least 4 members (excludes halogenated alkanes) is 3. The minimum Gasteiger partial charge on any atom is -0.159 e. The van der Waals surface area contributed by atoms with Crippen LogP contribution >= 0.6 is 11.8 Å². The van der Waals surface area contributed by atoms with E-state index in [1.807, 2.05) is 0 Å². The van der Waals surface area contributed by atoms with Gasteiger partial charge in [0.25, 0.3) is 0 Å². The summed E-state index contributed by atoms with van der Waals surface area (Å²) in [4.78, 5) is 0. The molecule has 0 amide bonds. The fourth-order valence-corrected chi connectivity index (χ4v) is 5.77. The molecule has 0 radical (unpaired) electrons. The molecule has 4 unspecified atom stereocenters. The highest BCUT2D eigenvalue weighted by Crippen LogP contribution is 2.57. The zero-order valence-electron chi connectivity index (χ0n) is 11.1. The summed E-state index contributed by atoms with van der Waals surface area (Å²) in [6, 6.07) is 0. The van der Waals surface area contributed by atoms with E-state index in [-0.39, 0.29) is 0 Å². The number of rotatable bonds is 6. The molecule has 0 spiro atoms. The topological polar surface area (TPSA) is 0 Å². The van der Waals surface area contributed by atoms with E-state index in [1.165, 1.54) is 50.7 Å². The van der Waals surface area contributed by atoms with Crippen LogP contribution in [0.2, 0.25) is 0 Å². The van der Waals surface area contributed by atoms with E-state index in [0.717, 1.165) is 28.9 Å². The highest BCUT2D eigenvalue weighted by Gasteiger charge is 2.49. The average molecular weight is 250 g/mol. The van der Waals surface area contributed by atoms with Gasteiger partial charge in [-0.2, -0.15) is 11.8 Å². The molecule has 2 saturated carbocycles. The Hall–Kier alpha value is 0.0900. The van der Waals surface area contributed by atoms with Gasteiger partial charge in [-0.3, -0.25) is 0 Å². The van der Waals surface area contributed by atoms with E-state index < -0.39 is 0 Å². The van der Waals surface area contributed by atoms with Crippen LogP contribution < -0.4 is 0 Å². The van der Waals surface area contributed by atoms with Crippen LogP contribution in [0.15, 0.2) is 12.2 Å². The van der Waals surface area contributed by atoms with Crippen molar-refractivity contribution in [2.24, 2.45) is 23.7 Å². The maximum atomic E-state index is 2.53. The van der Waals surface area contributed by atoms with Gasteiger partial charge in [0.2, 0.25) is 0 Å². The minimum atomic E-state index is 0.982. The van der Waals surface area contributed by atoms with Gasteiger partial charge in [0, 0.05) is 5.25 Å². The first-order valence-electron chi connectivity index (χ1n) is 7.68. The summed E-state index contributed by atoms with van der Waals surface area (Å²) in [6.07, 6.45) is 15.3. The lowest BCUT2D eigenvalue weighted by Gasteiger charge is -2.18. The minimum absolute atomic E-state index is 0.982. The van der Waals surface area contributed by atoms with Gasteiger partial charge in [-0.15, -0.1) is 0 Å². The van der Waals surface area contributed by atoms with Crippen molar-refractivity contribution in [3.05, 3.63) is 12.2 Å². The van der Waals surface area contributed by atoms with Gasteiger partial charge < -0.3 is 0 Å². The molecule has 0 nitrogen and oxygen atoms in total. The third kappa shape index (κ3) is 2.45. The van der Waals surface area contributed by atoms with Crippen molar-refractivity contribution in [1.82, 2.24) is 0 Å². The first kappa shape index (κ1) is 12.1. The molecule has 3 rings (SSSR count). The van der Waals surface area contributed by atoms with Gasteiger partial charge >= 0.3 is 0 Å². The van der Waals surface area contributed by atoms with E-state index in [4.69, 9.17) is 0 Å². The SMILES string of the molecule is CCCCCCSC1CC2C3C=CC(C3)C2C1. The van der Waals surface area contributed by atoms with E-state index >= 15 is 0 Å². The zero-order valence-corrected chi connectivity index (χ0v) is 11.9. The molecule has 0 aromatic rings. The summed E-state index contributed by atoms with van der Waals surface area (Å²) in [7, 11) is 0. The zero-order chi connectivity index (χ0) is 11.7. The van der Waals surface area contributed by atoms with Crippen molar-refractivity contribution in [3.8, 4) is 0 Å². The molecule has 0 aromatic carbocycles. The van der Waals surface area contributed by atoms with Gasteiger partial charge in [0.15, 0.2) is 0 Å². The van der Waals surface area contributed by atoms with Crippen LogP contribution in [0.1, 0.15) is 51.9 Å². The molecule has 0 aromatic heterocycles. The molecule has 17 heavy (non-hydrogen) atoms. The third-order valence-corrected chi connectivity index (χ3v) is 6.60. The largest absolute Gasteiger partial charge is 0.159 e. The summed E-state index contributed by atoms with van der Waals surface area (Å²) >= 11 is 2.30. The lowest BCUT2D eigenvalue weighted by molar-refractivity contribution is 0.364. The van der Waals surface area contributed by atoms with Crippen LogP contribution in [0.3, 0.4) is 0 Å². The Morgan fingerprint density at radius 1 is 0.941 bits per heavy atom. The maximum Gasteiger partial charge on any atom is 0.00529 e. The molecule has 2 bridgehead atoms. The standard InChI is InChI=1S/C16H26S/c1-2-3-4-5-8-17-14-10-15-12-6-7-13(9-12)16(15)11-14/h6-7,12-16H,2-5,8-11H2,1H3. The van der Waals surface area contributed by atoms with Crippen molar-refractivity contribution >= 4 is 11.8 Å². The van der Waals surface area contributed by atoms with E-state index in [2.05, 4.69) is 30.8 Å². The first-order valence-corrected chi connectivity index (χ1v) is 8.73. The second-order valence-corrected chi connectivity index (χ2v) is 7.71. The molecule has 1 heteroatoms. The van der Waals surface area contributed by atoms with Crippen LogP contribution in [-0.2, 0) is 0 Å². The van der Waals surface area contributed by atoms with Crippen LogP contribution in [0, 0.1) is 23.7 Å². The molecule has 0 N–H and O–H groups in total. The van der Waals surface area contributed by atoms with Crippen molar-refractivity contribution in [1.29, 1.82) is 0 Å². The van der Waals surface area contributed by atoms with Crippen LogP contribution in [0.4, 0.5) is 0 Å². The lowest BCUT2D eigenvalue weighted by Crippen LogP contribution is -2.12. The number of fused-ring (bicyclic) bond motifs is 5. The Morgan fingerprint density at radius 2 is 1.65 bits per heavy atom. The molecule has 2 fully saturated rings. The van der Waals surface area contributed by atoms with Gasteiger partial charge in [-0.05, 0) is 55.1 Å². The molecular weight excluding hydrogens is 224 g/mol. The molecule has 0 aliphatic heterocycles. The van der Waals surface area contributed by atoms with Crippen LogP contribution in [0.25, 0.3) is 0 Å². The van der Waals surface area contributed by atoms with Crippen LogP contribution in [0.5, 0.6) is 0 Å². The molecule has 3 aliphatic rings. The summed E-state index contributed by atoms with van der Waals surface area (Å²) in [5.74, 6) is 5.55. The predicted molar refractivity (Wildman–Crippen MR) is 77.3 cm³/mol. The van der Waals surface area contributed by atoms with Crippen LogP contribution in [-0.4, -0.2) is 11.0 Å². The second kappa shape index (κ2) is 5.38. The Morgan fingerprint density at radius 3 is 2.29 bits per heavy atom. The van der Waals surface area contributed by atoms with E-state index in [1.54, 1.807) is 0 Å². The third-order valence-electron chi connectivity index (χ3n) is 5.22. The normalized spacial score (nSPS) is 42.3. The quantitative estimate of drug-likeness (QED) is 0.477. The molecule has 0 heterocycles. The van der Waals surface area contributed by atoms with Gasteiger partial charge in [-0.1, -0.05) is 38.3 Å². The highest BCUT2D eigenvalue weighted by atomic mass is 32.2. The van der Waals surface area contributed by atoms with Gasteiger partial charge in [-0.25, -0.2) is 0 Å². The highest BCUT2D eigenvalue weighted by molar-refractivity contribution is 7.99. The first-order chi connectivity index (χ1) is 8.38. The van der Waals surface area contributed by atoms with Gasteiger partial charge in [0.05, 0.1) is 0 Å². The fraction of sp³-hybridized carbons (Fsp3) is 0.875. The summed E-state index contributed by atoms with van der Waals surface area (Å²) < 4.78 is 0. The monoisotopic (exact) mass is 250 g/mol. The Kier molecular flexibility index (Phi) is 3.84. The van der Waals surface area contributed by atoms with Crippen molar-refractivity contribution in [3.63, 3.8) is 0 Å². The second-order valence-electron chi connectivity index (χ2n) is 6.30. The predicted octanol–water partition coefficient (Wildman–Crippen LogP) is 4.90. The van der Waals surface area contributed by atoms with E-state index in [9.17, 15) is 0 Å². The van der Waals surface area contributed by atoms with E-state index in [0.29, 0.717) is 0 Å². The summed E-state index contributed by atoms with van der Waals surface area (Å²) in [6.45, 7) is 2.30. The number of allylic oxidation sites excluding steroid dienone is 2. The Labute approximate surface area is 111 Å². The van der Waals surface area contributed by atoms with Crippen molar-refractivity contribution in [2.45, 2.75) is 57.1 Å². The molecule has 0 saturated heterocycles. The summed E-state index contributed by atoms with van der Waals surface area (Å²) in [5, 5.41) is 1.01. The maximum absolute atomic E-state index is 2.53. The average Bonchev–Trinajstić information content (AvgIpc) is 3.00. The Bertz CT molecular complexity index is 263. The number of hydrogen-bond donors (Lipinski definition) is 0.